The number of ether oxygens (including phenoxy) is 1. The largest absolute Gasteiger partial charge is 0.497 e. The summed E-state index contributed by atoms with van der Waals surface area (Å²) < 4.78 is 7.30. The van der Waals surface area contributed by atoms with Crippen LogP contribution in [0.1, 0.15) is 39.0 Å². The lowest BCUT2D eigenvalue weighted by Crippen LogP contribution is -2.40. The Balaban J connectivity index is 1.60. The number of thioether (sulfide) groups is 1. The van der Waals surface area contributed by atoms with Crippen LogP contribution in [0.5, 0.6) is 5.75 Å². The van der Waals surface area contributed by atoms with Gasteiger partial charge in [0, 0.05) is 17.3 Å². The molecule has 1 aromatic heterocycles. The Labute approximate surface area is 187 Å². The number of carbonyl (C=O) groups excluding carboxylic acids is 1. The fraction of sp³-hybridized carbons (Fsp3) is 0.375. The molecule has 1 unspecified atom stereocenters. The minimum Gasteiger partial charge on any atom is -0.497 e. The molecule has 1 N–H and O–H groups in total. The molecule has 2 aromatic carbocycles. The zero-order valence-corrected chi connectivity index (χ0v) is 18.8. The van der Waals surface area contributed by atoms with E-state index in [0.29, 0.717) is 11.2 Å². The van der Waals surface area contributed by atoms with Crippen molar-refractivity contribution in [2.24, 2.45) is 0 Å². The van der Waals surface area contributed by atoms with E-state index in [1.54, 1.807) is 7.11 Å². The third kappa shape index (κ3) is 5.10. The van der Waals surface area contributed by atoms with E-state index in [0.717, 1.165) is 35.7 Å². The number of carbonyl (C=O) groups is 1. The highest BCUT2D eigenvalue weighted by Gasteiger charge is 2.24. The van der Waals surface area contributed by atoms with Crippen molar-refractivity contribution < 1.29 is 9.53 Å². The van der Waals surface area contributed by atoms with Crippen molar-refractivity contribution in [1.82, 2.24) is 20.1 Å². The van der Waals surface area contributed by atoms with Crippen LogP contribution in [-0.2, 0) is 4.79 Å². The van der Waals surface area contributed by atoms with E-state index in [2.05, 4.69) is 15.5 Å². The molecule has 6 nitrogen and oxygen atoms in total. The minimum atomic E-state index is -0.272. The number of nitrogens with one attached hydrogen (secondary N) is 1. The smallest absolute Gasteiger partial charge is 0.233 e. The summed E-state index contributed by atoms with van der Waals surface area (Å²) in [5.74, 6) is 1.59. The van der Waals surface area contributed by atoms with Gasteiger partial charge in [0.05, 0.1) is 12.4 Å². The number of amides is 1. The molecular formula is C24H28N4O2S. The molecule has 0 radical (unpaired) electrons. The fourth-order valence-corrected chi connectivity index (χ4v) is 4.74. The van der Waals surface area contributed by atoms with Crippen molar-refractivity contribution in [2.45, 2.75) is 55.5 Å². The summed E-state index contributed by atoms with van der Waals surface area (Å²) in [5, 5.41) is 12.5. The summed E-state index contributed by atoms with van der Waals surface area (Å²) in [6.07, 6.45) is 5.80. The van der Waals surface area contributed by atoms with E-state index in [4.69, 9.17) is 4.74 Å². The Morgan fingerprint density at radius 1 is 1.06 bits per heavy atom. The van der Waals surface area contributed by atoms with Crippen molar-refractivity contribution >= 4 is 17.7 Å². The van der Waals surface area contributed by atoms with Gasteiger partial charge in [0.15, 0.2) is 11.0 Å². The van der Waals surface area contributed by atoms with Crippen LogP contribution >= 0.6 is 11.8 Å². The molecule has 1 aliphatic carbocycles. The summed E-state index contributed by atoms with van der Waals surface area (Å²) in [6, 6.07) is 18.0. The van der Waals surface area contributed by atoms with E-state index >= 15 is 0 Å². The summed E-state index contributed by atoms with van der Waals surface area (Å²) in [7, 11) is 1.65. The maximum Gasteiger partial charge on any atom is 0.233 e. The van der Waals surface area contributed by atoms with Crippen LogP contribution < -0.4 is 10.1 Å². The van der Waals surface area contributed by atoms with Gasteiger partial charge in [-0.25, -0.2) is 0 Å². The van der Waals surface area contributed by atoms with Gasteiger partial charge < -0.3 is 10.1 Å². The Morgan fingerprint density at radius 2 is 1.77 bits per heavy atom. The van der Waals surface area contributed by atoms with Crippen LogP contribution in [0, 0.1) is 0 Å². The average molecular weight is 437 g/mol. The Morgan fingerprint density at radius 3 is 2.45 bits per heavy atom. The monoisotopic (exact) mass is 436 g/mol. The zero-order chi connectivity index (χ0) is 21.6. The zero-order valence-electron chi connectivity index (χ0n) is 18.0. The van der Waals surface area contributed by atoms with Crippen LogP contribution in [-0.4, -0.2) is 39.1 Å². The fourth-order valence-electron chi connectivity index (χ4n) is 3.86. The number of nitrogens with zero attached hydrogens (tertiary/aromatic N) is 3. The predicted molar refractivity (Wildman–Crippen MR) is 124 cm³/mol. The molecule has 1 atom stereocenters. The van der Waals surface area contributed by atoms with Gasteiger partial charge in [-0.05, 0) is 44.0 Å². The summed E-state index contributed by atoms with van der Waals surface area (Å²) in [5.41, 5.74) is 1.89. The van der Waals surface area contributed by atoms with Crippen molar-refractivity contribution in [3.05, 3.63) is 54.6 Å². The summed E-state index contributed by atoms with van der Waals surface area (Å²) >= 11 is 1.43. The maximum absolute atomic E-state index is 12.8. The molecule has 1 aliphatic rings. The molecule has 7 heteroatoms. The van der Waals surface area contributed by atoms with Crippen LogP contribution in [0.25, 0.3) is 17.1 Å². The van der Waals surface area contributed by atoms with Crippen molar-refractivity contribution in [2.75, 3.05) is 7.11 Å². The quantitative estimate of drug-likeness (QED) is 0.535. The lowest BCUT2D eigenvalue weighted by Gasteiger charge is -2.24. The van der Waals surface area contributed by atoms with Crippen molar-refractivity contribution in [3.8, 4) is 22.8 Å². The first-order valence-corrected chi connectivity index (χ1v) is 11.7. The Hall–Kier alpha value is -2.80. The van der Waals surface area contributed by atoms with Crippen LogP contribution in [0.3, 0.4) is 0 Å². The minimum absolute atomic E-state index is 0.0578. The number of hydrogen-bond donors (Lipinski definition) is 1. The van der Waals surface area contributed by atoms with E-state index in [9.17, 15) is 4.79 Å². The number of methoxy groups -OCH3 is 1. The molecule has 1 amide bonds. The highest BCUT2D eigenvalue weighted by molar-refractivity contribution is 8.00. The van der Waals surface area contributed by atoms with Gasteiger partial charge in [-0.1, -0.05) is 61.4 Å². The summed E-state index contributed by atoms with van der Waals surface area (Å²) in [6.45, 7) is 1.93. The first-order chi connectivity index (χ1) is 15.2. The Bertz CT molecular complexity index is 998. The highest BCUT2D eigenvalue weighted by atomic mass is 32.2. The second-order valence-corrected chi connectivity index (χ2v) is 9.12. The van der Waals surface area contributed by atoms with Crippen LogP contribution in [0.2, 0.25) is 0 Å². The van der Waals surface area contributed by atoms with Crippen molar-refractivity contribution in [3.63, 3.8) is 0 Å². The van der Waals surface area contributed by atoms with Gasteiger partial charge in [-0.3, -0.25) is 9.36 Å². The van der Waals surface area contributed by atoms with E-state index in [-0.39, 0.29) is 11.2 Å². The third-order valence-electron chi connectivity index (χ3n) is 5.60. The van der Waals surface area contributed by atoms with E-state index < -0.39 is 0 Å². The first kappa shape index (κ1) is 21.4. The molecule has 3 aromatic rings. The topological polar surface area (TPSA) is 69.0 Å². The normalized spacial score (nSPS) is 15.4. The van der Waals surface area contributed by atoms with E-state index in [1.807, 2.05) is 66.1 Å². The second kappa shape index (κ2) is 10.0. The van der Waals surface area contributed by atoms with Gasteiger partial charge >= 0.3 is 0 Å². The number of rotatable bonds is 7. The summed E-state index contributed by atoms with van der Waals surface area (Å²) in [4.78, 5) is 12.8. The number of benzene rings is 2. The lowest BCUT2D eigenvalue weighted by atomic mass is 9.95. The number of aromatic nitrogens is 3. The average Bonchev–Trinajstić information content (AvgIpc) is 3.23. The van der Waals surface area contributed by atoms with Crippen molar-refractivity contribution in [1.29, 1.82) is 0 Å². The second-order valence-electron chi connectivity index (χ2n) is 7.81. The maximum atomic E-state index is 12.8. The van der Waals surface area contributed by atoms with Gasteiger partial charge in [0.2, 0.25) is 5.91 Å². The Kier molecular flexibility index (Phi) is 6.92. The van der Waals surface area contributed by atoms with Gasteiger partial charge in [-0.15, -0.1) is 10.2 Å². The standard InChI is InChI=1S/C24H28N4O2S/c1-17(23(29)25-19-11-7-4-8-12-19)31-24-27-26-22(18-9-5-3-6-10-18)28(24)20-13-15-21(30-2)16-14-20/h3,5-6,9-10,13-17,19H,4,7-8,11-12H2,1-2H3,(H,25,29). The lowest BCUT2D eigenvalue weighted by molar-refractivity contribution is -0.121. The molecule has 31 heavy (non-hydrogen) atoms. The van der Waals surface area contributed by atoms with Gasteiger partial charge in [0.25, 0.3) is 0 Å². The molecule has 0 saturated heterocycles. The van der Waals surface area contributed by atoms with Gasteiger partial charge in [0.1, 0.15) is 5.75 Å². The molecule has 0 aliphatic heterocycles. The molecule has 162 valence electrons. The molecule has 0 bridgehead atoms. The molecule has 0 spiro atoms. The number of hydrogen-bond acceptors (Lipinski definition) is 5. The third-order valence-corrected chi connectivity index (χ3v) is 6.64. The van der Waals surface area contributed by atoms with Crippen LogP contribution in [0.4, 0.5) is 0 Å². The molecule has 1 saturated carbocycles. The van der Waals surface area contributed by atoms with Gasteiger partial charge in [-0.2, -0.15) is 0 Å². The molecule has 1 fully saturated rings. The predicted octanol–water partition coefficient (Wildman–Crippen LogP) is 4.87. The first-order valence-electron chi connectivity index (χ1n) is 10.8. The molecular weight excluding hydrogens is 408 g/mol. The highest BCUT2D eigenvalue weighted by Crippen LogP contribution is 2.31. The SMILES string of the molecule is COc1ccc(-n2c(SC(C)C(=O)NC3CCCCC3)nnc2-c2ccccc2)cc1. The van der Waals surface area contributed by atoms with Crippen LogP contribution in [0.15, 0.2) is 59.8 Å². The molecule has 1 heterocycles. The van der Waals surface area contributed by atoms with E-state index in [1.165, 1.54) is 31.0 Å². The molecule has 4 rings (SSSR count).